The van der Waals surface area contributed by atoms with Crippen molar-refractivity contribution in [3.63, 3.8) is 0 Å². The molecule has 0 unspecified atom stereocenters. The molecule has 0 saturated carbocycles. The summed E-state index contributed by atoms with van der Waals surface area (Å²) in [5.41, 5.74) is 2.15. The van der Waals surface area contributed by atoms with E-state index in [1.165, 1.54) is 4.90 Å². The summed E-state index contributed by atoms with van der Waals surface area (Å²) in [6.45, 7) is 7.46. The van der Waals surface area contributed by atoms with E-state index in [-0.39, 0.29) is 43.7 Å². The van der Waals surface area contributed by atoms with Crippen LogP contribution >= 0.6 is 10.0 Å². The zero-order valence-electron chi connectivity index (χ0n) is 24.1. The van der Waals surface area contributed by atoms with E-state index in [1.54, 1.807) is 28.8 Å². The Morgan fingerprint density at radius 3 is 2.56 bits per heavy atom. The van der Waals surface area contributed by atoms with Crippen LogP contribution in [0.5, 0.6) is 0 Å². The van der Waals surface area contributed by atoms with E-state index in [9.17, 15) is 9.59 Å². The molecule has 216 valence electrons. The summed E-state index contributed by atoms with van der Waals surface area (Å²) in [4.78, 5) is 27.5. The van der Waals surface area contributed by atoms with Gasteiger partial charge in [0.15, 0.2) is 0 Å². The van der Waals surface area contributed by atoms with Gasteiger partial charge in [0.05, 0.1) is 32.4 Å². The van der Waals surface area contributed by atoms with Crippen LogP contribution in [0.4, 0.5) is 14.9 Å². The third-order valence-electron chi connectivity index (χ3n) is 6.67. The minimum atomic E-state index is -0.672. The van der Waals surface area contributed by atoms with Gasteiger partial charge in [-0.15, -0.1) is 0 Å². The number of rotatable bonds is 9. The Morgan fingerprint density at radius 1 is 1.18 bits per heavy atom. The third kappa shape index (κ3) is 7.32. The summed E-state index contributed by atoms with van der Waals surface area (Å²) in [5.74, 6) is 0.594. The van der Waals surface area contributed by atoms with E-state index >= 15 is 4.39 Å². The average molecular weight is 565 g/mol. The number of carbonyl (C=O) groups excluding carboxylic acids is 2. The molecule has 2 aliphatic rings. The predicted octanol–water partition coefficient (Wildman–Crippen LogP) is 4.40. The summed E-state index contributed by atoms with van der Waals surface area (Å²) in [7, 11) is 0.998. The number of amides is 2. The standard InChI is InChI=1S/C28H41FN4O5S/c1-28(2,3)38-27(35)32-15-20(16-32)37-17-19-14-33(18-36-12-13-39(5,6)7)30-26(19)22-8-10-23-21(25(22)29)9-11-24(34)31(23)4/h8,10,14,20H,9,11-13,15-18H2,1-7H3. The average Bonchev–Trinajstić information content (AvgIpc) is 3.19. The molecule has 0 atom stereocenters. The maximum absolute atomic E-state index is 15.8. The number of nitrogens with zero attached hydrogens (tertiary/aromatic N) is 4. The second-order valence-electron chi connectivity index (χ2n) is 12.1. The van der Waals surface area contributed by atoms with Gasteiger partial charge in [-0.2, -0.15) is 5.10 Å². The van der Waals surface area contributed by atoms with Gasteiger partial charge in [0.2, 0.25) is 5.91 Å². The van der Waals surface area contributed by atoms with E-state index in [1.807, 2.05) is 27.0 Å². The number of aromatic nitrogens is 2. The quantitative estimate of drug-likeness (QED) is 0.420. The smallest absolute Gasteiger partial charge is 0.410 e. The monoisotopic (exact) mass is 564 g/mol. The molecule has 9 nitrogen and oxygen atoms in total. The van der Waals surface area contributed by atoms with Crippen molar-refractivity contribution in [2.24, 2.45) is 0 Å². The Morgan fingerprint density at radius 2 is 1.90 bits per heavy atom. The van der Waals surface area contributed by atoms with E-state index in [2.05, 4.69) is 23.9 Å². The van der Waals surface area contributed by atoms with Crippen molar-refractivity contribution in [2.45, 2.75) is 58.7 Å². The highest BCUT2D eigenvalue weighted by Crippen LogP contribution is 2.36. The molecule has 2 aliphatic heterocycles. The number of hydrogen-bond acceptors (Lipinski definition) is 6. The fourth-order valence-electron chi connectivity index (χ4n) is 4.43. The third-order valence-corrected chi connectivity index (χ3v) is 8.06. The van der Waals surface area contributed by atoms with Gasteiger partial charge in [0.25, 0.3) is 0 Å². The van der Waals surface area contributed by atoms with Crippen molar-refractivity contribution in [1.29, 1.82) is 0 Å². The molecule has 1 saturated heterocycles. The van der Waals surface area contributed by atoms with Crippen LogP contribution in [0.15, 0.2) is 18.3 Å². The van der Waals surface area contributed by atoms with Gasteiger partial charge < -0.3 is 24.0 Å². The minimum absolute atomic E-state index is 0.0248. The SMILES string of the molecule is CN1C(=O)CCc2c1ccc(-c1nn(COCCS(C)(C)C)cc1COC1CN(C(=O)OC(C)(C)C)C1)c2F. The van der Waals surface area contributed by atoms with Crippen LogP contribution in [0.2, 0.25) is 0 Å². The molecule has 2 aromatic rings. The first-order valence-corrected chi connectivity index (χ1v) is 16.2. The molecule has 1 aromatic carbocycles. The first-order valence-electron chi connectivity index (χ1n) is 13.2. The molecule has 1 fully saturated rings. The van der Waals surface area contributed by atoms with Crippen molar-refractivity contribution in [1.82, 2.24) is 14.7 Å². The fourth-order valence-corrected chi connectivity index (χ4v) is 5.05. The Hall–Kier alpha value is -2.63. The first kappa shape index (κ1) is 29.4. The molecule has 0 aliphatic carbocycles. The molecule has 0 radical (unpaired) electrons. The van der Waals surface area contributed by atoms with Gasteiger partial charge >= 0.3 is 6.09 Å². The minimum Gasteiger partial charge on any atom is -0.444 e. The van der Waals surface area contributed by atoms with Crippen LogP contribution in [0.1, 0.15) is 38.3 Å². The van der Waals surface area contributed by atoms with Crippen LogP contribution in [0.3, 0.4) is 0 Å². The van der Waals surface area contributed by atoms with Crippen LogP contribution in [-0.4, -0.2) is 89.7 Å². The fraction of sp³-hybridized carbons (Fsp3) is 0.607. The Labute approximate surface area is 231 Å². The van der Waals surface area contributed by atoms with E-state index in [0.29, 0.717) is 48.6 Å². The molecular formula is C28H41FN4O5S. The zero-order valence-corrected chi connectivity index (χ0v) is 24.9. The predicted molar refractivity (Wildman–Crippen MR) is 152 cm³/mol. The molecule has 2 amide bonds. The largest absolute Gasteiger partial charge is 0.444 e. The summed E-state index contributed by atoms with van der Waals surface area (Å²) in [6.07, 6.45) is 8.68. The zero-order chi connectivity index (χ0) is 28.5. The summed E-state index contributed by atoms with van der Waals surface area (Å²) >= 11 is 0. The second-order valence-corrected chi connectivity index (χ2v) is 16.7. The Balaban J connectivity index is 1.49. The molecule has 4 rings (SSSR count). The molecule has 11 heteroatoms. The highest BCUT2D eigenvalue weighted by Gasteiger charge is 2.35. The number of carbonyl (C=O) groups is 2. The Kier molecular flexibility index (Phi) is 8.63. The highest BCUT2D eigenvalue weighted by atomic mass is 32.3. The lowest BCUT2D eigenvalue weighted by atomic mass is 9.96. The normalized spacial score (nSPS) is 16.8. The molecule has 0 spiro atoms. The number of anilines is 1. The van der Waals surface area contributed by atoms with E-state index in [0.717, 1.165) is 11.3 Å². The topological polar surface area (TPSA) is 86.1 Å². The van der Waals surface area contributed by atoms with Crippen LogP contribution in [0.25, 0.3) is 11.3 Å². The van der Waals surface area contributed by atoms with Gasteiger partial charge in [-0.1, -0.05) is 0 Å². The summed E-state index contributed by atoms with van der Waals surface area (Å²) in [5, 5.41) is 4.68. The number of hydrogen-bond donors (Lipinski definition) is 0. The van der Waals surface area contributed by atoms with Crippen molar-refractivity contribution in [3.05, 3.63) is 35.3 Å². The van der Waals surface area contributed by atoms with Gasteiger partial charge in [0.1, 0.15) is 23.8 Å². The van der Waals surface area contributed by atoms with Crippen molar-refractivity contribution in [2.75, 3.05) is 56.2 Å². The van der Waals surface area contributed by atoms with E-state index < -0.39 is 15.6 Å². The molecule has 0 bridgehead atoms. The van der Waals surface area contributed by atoms with Crippen LogP contribution in [0, 0.1) is 5.82 Å². The van der Waals surface area contributed by atoms with Gasteiger partial charge in [-0.25, -0.2) is 23.9 Å². The lowest BCUT2D eigenvalue weighted by Gasteiger charge is -2.39. The van der Waals surface area contributed by atoms with Crippen LogP contribution < -0.4 is 4.90 Å². The maximum Gasteiger partial charge on any atom is 0.410 e. The molecule has 0 N–H and O–H groups in total. The first-order chi connectivity index (χ1) is 18.2. The number of fused-ring (bicyclic) bond motifs is 1. The van der Waals surface area contributed by atoms with Crippen LogP contribution in [-0.2, 0) is 38.8 Å². The van der Waals surface area contributed by atoms with Crippen molar-refractivity contribution >= 4 is 27.7 Å². The summed E-state index contributed by atoms with van der Waals surface area (Å²) < 4.78 is 34.8. The highest BCUT2D eigenvalue weighted by molar-refractivity contribution is 8.32. The van der Waals surface area contributed by atoms with Crippen molar-refractivity contribution < 1.29 is 28.2 Å². The lowest BCUT2D eigenvalue weighted by molar-refractivity contribution is -0.118. The lowest BCUT2D eigenvalue weighted by Crippen LogP contribution is -2.55. The van der Waals surface area contributed by atoms with E-state index in [4.69, 9.17) is 14.2 Å². The maximum atomic E-state index is 15.8. The molecule has 3 heterocycles. The van der Waals surface area contributed by atoms with Gasteiger partial charge in [-0.3, -0.25) is 4.79 Å². The second kappa shape index (κ2) is 11.5. The van der Waals surface area contributed by atoms with Crippen molar-refractivity contribution in [3.8, 4) is 11.3 Å². The molecule has 39 heavy (non-hydrogen) atoms. The Bertz CT molecular complexity index is 1210. The summed E-state index contributed by atoms with van der Waals surface area (Å²) in [6, 6.07) is 3.46. The number of benzene rings is 1. The molecular weight excluding hydrogens is 523 g/mol. The van der Waals surface area contributed by atoms with Gasteiger partial charge in [-0.05, 0) is 58.1 Å². The number of ether oxygens (including phenoxy) is 3. The van der Waals surface area contributed by atoms with Gasteiger partial charge in [0, 0.05) is 47.8 Å². The number of halogens is 1. The molecule has 1 aromatic heterocycles. The number of likely N-dealkylation sites (tertiary alicyclic amines) is 1.